The van der Waals surface area contributed by atoms with Crippen molar-refractivity contribution in [2.24, 2.45) is 0 Å². The van der Waals surface area contributed by atoms with E-state index in [9.17, 15) is 14.9 Å². The number of thioether (sulfide) groups is 1. The number of nitro groups is 1. The van der Waals surface area contributed by atoms with Crippen LogP contribution in [0.15, 0.2) is 23.1 Å². The Hall–Kier alpha value is -1.36. The Bertz CT molecular complexity index is 446. The lowest BCUT2D eigenvalue weighted by atomic mass is 9.98. The highest BCUT2D eigenvalue weighted by Gasteiger charge is 2.18. The number of rotatable bonds is 6. The molecule has 98 valence electrons. The fourth-order valence-electron chi connectivity index (χ4n) is 1.67. The summed E-state index contributed by atoms with van der Waals surface area (Å²) in [5.74, 6) is -0.183. The quantitative estimate of drug-likeness (QED) is 0.340. The maximum absolute atomic E-state index is 10.9. The average molecular weight is 267 g/mol. The van der Waals surface area contributed by atoms with Crippen LogP contribution in [0.25, 0.3) is 0 Å². The SMILES string of the molecule is CCC(C=O)c1ccc([N+](=O)[O-])c(SC(C)C)c1. The molecule has 0 radical (unpaired) electrons. The van der Waals surface area contributed by atoms with E-state index in [4.69, 9.17) is 0 Å². The van der Waals surface area contributed by atoms with E-state index in [2.05, 4.69) is 0 Å². The van der Waals surface area contributed by atoms with Gasteiger partial charge >= 0.3 is 0 Å². The van der Waals surface area contributed by atoms with Crippen molar-refractivity contribution in [2.75, 3.05) is 0 Å². The van der Waals surface area contributed by atoms with Gasteiger partial charge in [0.2, 0.25) is 0 Å². The first-order valence-electron chi connectivity index (χ1n) is 5.89. The minimum absolute atomic E-state index is 0.109. The monoisotopic (exact) mass is 267 g/mol. The normalized spacial score (nSPS) is 12.4. The molecule has 0 amide bonds. The molecule has 1 unspecified atom stereocenters. The van der Waals surface area contributed by atoms with E-state index in [1.165, 1.54) is 17.8 Å². The lowest BCUT2D eigenvalue weighted by Gasteiger charge is -2.11. The van der Waals surface area contributed by atoms with Crippen molar-refractivity contribution in [1.82, 2.24) is 0 Å². The van der Waals surface area contributed by atoms with Gasteiger partial charge in [-0.05, 0) is 18.1 Å². The molecule has 0 spiro atoms. The summed E-state index contributed by atoms with van der Waals surface area (Å²) in [6, 6.07) is 4.93. The molecular formula is C13H17NO3S. The number of nitro benzene ring substituents is 1. The second-order valence-corrected chi connectivity index (χ2v) is 5.92. The highest BCUT2D eigenvalue weighted by Crippen LogP contribution is 2.34. The Morgan fingerprint density at radius 3 is 2.56 bits per heavy atom. The molecule has 18 heavy (non-hydrogen) atoms. The van der Waals surface area contributed by atoms with Gasteiger partial charge in [-0.15, -0.1) is 11.8 Å². The highest BCUT2D eigenvalue weighted by atomic mass is 32.2. The highest BCUT2D eigenvalue weighted by molar-refractivity contribution is 8.00. The van der Waals surface area contributed by atoms with Crippen molar-refractivity contribution >= 4 is 23.7 Å². The smallest absolute Gasteiger partial charge is 0.282 e. The molecule has 0 aromatic heterocycles. The van der Waals surface area contributed by atoms with Gasteiger partial charge in [-0.2, -0.15) is 0 Å². The summed E-state index contributed by atoms with van der Waals surface area (Å²) in [5, 5.41) is 11.2. The van der Waals surface area contributed by atoms with Gasteiger partial charge in [0.1, 0.15) is 6.29 Å². The maximum Gasteiger partial charge on any atom is 0.282 e. The number of hydrogen-bond acceptors (Lipinski definition) is 4. The number of aldehydes is 1. The van der Waals surface area contributed by atoms with E-state index in [1.807, 2.05) is 20.8 Å². The van der Waals surface area contributed by atoms with Gasteiger partial charge < -0.3 is 4.79 Å². The predicted molar refractivity (Wildman–Crippen MR) is 73.2 cm³/mol. The van der Waals surface area contributed by atoms with E-state index in [-0.39, 0.29) is 21.8 Å². The number of hydrogen-bond donors (Lipinski definition) is 0. The van der Waals surface area contributed by atoms with E-state index in [0.717, 1.165) is 11.8 Å². The molecule has 5 heteroatoms. The molecule has 1 aromatic rings. The Balaban J connectivity index is 3.19. The minimum atomic E-state index is -0.379. The first-order valence-corrected chi connectivity index (χ1v) is 6.77. The summed E-state index contributed by atoms with van der Waals surface area (Å²) in [6.07, 6.45) is 1.60. The van der Waals surface area contributed by atoms with E-state index in [1.54, 1.807) is 12.1 Å². The van der Waals surface area contributed by atoms with Crippen LogP contribution in [-0.4, -0.2) is 16.5 Å². The number of benzene rings is 1. The van der Waals surface area contributed by atoms with Crippen LogP contribution >= 0.6 is 11.8 Å². The molecule has 0 heterocycles. The average Bonchev–Trinajstić information content (AvgIpc) is 2.29. The van der Waals surface area contributed by atoms with E-state index < -0.39 is 0 Å². The predicted octanol–water partition coefficient (Wildman–Crippen LogP) is 3.79. The fraction of sp³-hybridized carbons (Fsp3) is 0.462. The van der Waals surface area contributed by atoms with Gasteiger partial charge in [-0.3, -0.25) is 10.1 Å². The summed E-state index contributed by atoms with van der Waals surface area (Å²) in [5.41, 5.74) is 0.958. The van der Waals surface area contributed by atoms with Crippen LogP contribution in [0.3, 0.4) is 0 Å². The molecule has 0 aliphatic heterocycles. The minimum Gasteiger partial charge on any atom is -0.303 e. The molecule has 0 bridgehead atoms. The second-order valence-electron chi connectivity index (χ2n) is 4.30. The first kappa shape index (κ1) is 14.7. The van der Waals surface area contributed by atoms with Crippen LogP contribution in [0, 0.1) is 10.1 Å². The zero-order chi connectivity index (χ0) is 13.7. The van der Waals surface area contributed by atoms with Crippen molar-refractivity contribution < 1.29 is 9.72 Å². The number of carbonyl (C=O) groups excluding carboxylic acids is 1. The van der Waals surface area contributed by atoms with Crippen LogP contribution in [0.2, 0.25) is 0 Å². The van der Waals surface area contributed by atoms with Crippen molar-refractivity contribution in [3.05, 3.63) is 33.9 Å². The molecular weight excluding hydrogens is 250 g/mol. The van der Waals surface area contributed by atoms with Crippen molar-refractivity contribution in [3.63, 3.8) is 0 Å². The molecule has 1 aromatic carbocycles. The molecule has 4 nitrogen and oxygen atoms in total. The first-order chi connectivity index (χ1) is 8.49. The lowest BCUT2D eigenvalue weighted by molar-refractivity contribution is -0.387. The Kier molecular flexibility index (Phi) is 5.34. The Morgan fingerprint density at radius 2 is 2.11 bits per heavy atom. The van der Waals surface area contributed by atoms with Crippen LogP contribution in [0.1, 0.15) is 38.7 Å². The lowest BCUT2D eigenvalue weighted by Crippen LogP contribution is -2.01. The summed E-state index contributed by atoms with van der Waals surface area (Å²) in [4.78, 5) is 22.1. The molecule has 0 saturated heterocycles. The van der Waals surface area contributed by atoms with Gasteiger partial charge in [-0.1, -0.05) is 26.8 Å². The molecule has 0 aliphatic rings. The van der Waals surface area contributed by atoms with Gasteiger partial charge in [0.25, 0.3) is 5.69 Å². The zero-order valence-corrected chi connectivity index (χ0v) is 11.6. The Morgan fingerprint density at radius 1 is 1.44 bits per heavy atom. The van der Waals surface area contributed by atoms with Gasteiger partial charge in [0, 0.05) is 17.2 Å². The zero-order valence-electron chi connectivity index (χ0n) is 10.8. The van der Waals surface area contributed by atoms with E-state index >= 15 is 0 Å². The van der Waals surface area contributed by atoms with Gasteiger partial charge in [0.05, 0.1) is 9.82 Å². The number of nitrogens with zero attached hydrogens (tertiary/aromatic N) is 1. The van der Waals surface area contributed by atoms with Crippen LogP contribution in [0.4, 0.5) is 5.69 Å². The molecule has 0 fully saturated rings. The third-order valence-electron chi connectivity index (χ3n) is 2.58. The van der Waals surface area contributed by atoms with Crippen LogP contribution in [0.5, 0.6) is 0 Å². The van der Waals surface area contributed by atoms with Gasteiger partial charge in [-0.25, -0.2) is 0 Å². The van der Waals surface area contributed by atoms with Crippen molar-refractivity contribution in [3.8, 4) is 0 Å². The van der Waals surface area contributed by atoms with Gasteiger partial charge in [0.15, 0.2) is 0 Å². The largest absolute Gasteiger partial charge is 0.303 e. The third kappa shape index (κ3) is 3.57. The summed E-state index contributed by atoms with van der Waals surface area (Å²) in [6.45, 7) is 5.89. The molecule has 0 N–H and O–H groups in total. The third-order valence-corrected chi connectivity index (χ3v) is 3.63. The van der Waals surface area contributed by atoms with Crippen LogP contribution in [-0.2, 0) is 4.79 Å². The molecule has 0 saturated carbocycles. The summed E-state index contributed by atoms with van der Waals surface area (Å²) >= 11 is 1.45. The standard InChI is InChI=1S/C13H17NO3S/c1-4-10(8-15)11-5-6-12(14(16)17)13(7-11)18-9(2)3/h5-10H,4H2,1-3H3. The Labute approximate surface area is 111 Å². The van der Waals surface area contributed by atoms with Crippen LogP contribution < -0.4 is 0 Å². The summed E-state index contributed by atoms with van der Waals surface area (Å²) < 4.78 is 0. The summed E-state index contributed by atoms with van der Waals surface area (Å²) in [7, 11) is 0. The van der Waals surface area contributed by atoms with E-state index in [0.29, 0.717) is 11.3 Å². The number of carbonyl (C=O) groups is 1. The maximum atomic E-state index is 10.9. The molecule has 1 rings (SSSR count). The molecule has 1 atom stereocenters. The van der Waals surface area contributed by atoms with Crippen molar-refractivity contribution in [2.45, 2.75) is 43.3 Å². The van der Waals surface area contributed by atoms with Crippen molar-refractivity contribution in [1.29, 1.82) is 0 Å². The topological polar surface area (TPSA) is 60.2 Å². The molecule has 0 aliphatic carbocycles. The fourth-order valence-corrected chi connectivity index (χ4v) is 2.65. The second kappa shape index (κ2) is 6.54.